The second-order valence-corrected chi connectivity index (χ2v) is 6.07. The van der Waals surface area contributed by atoms with E-state index < -0.39 is 6.10 Å². The lowest BCUT2D eigenvalue weighted by Gasteiger charge is -2.32. The number of nitrogens with zero attached hydrogens (tertiary/aromatic N) is 1. The zero-order valence-electron chi connectivity index (χ0n) is 13.2. The van der Waals surface area contributed by atoms with Gasteiger partial charge >= 0.3 is 0 Å². The van der Waals surface area contributed by atoms with Crippen molar-refractivity contribution in [3.63, 3.8) is 0 Å². The Labute approximate surface area is 128 Å². The molecule has 0 saturated carbocycles. The van der Waals surface area contributed by atoms with Crippen LogP contribution in [0, 0.1) is 6.92 Å². The molecule has 4 heteroatoms. The Morgan fingerprint density at radius 2 is 2.29 bits per heavy atom. The predicted molar refractivity (Wildman–Crippen MR) is 85.8 cm³/mol. The molecule has 0 bridgehead atoms. The number of aliphatic hydroxyl groups is 1. The minimum Gasteiger partial charge on any atom is -0.491 e. The van der Waals surface area contributed by atoms with Crippen molar-refractivity contribution < 1.29 is 9.84 Å². The van der Waals surface area contributed by atoms with Crippen LogP contribution in [0.3, 0.4) is 0 Å². The third kappa shape index (κ3) is 5.65. The first-order valence-electron chi connectivity index (χ1n) is 7.93. The number of nitrogens with one attached hydrogen (secondary N) is 1. The smallest absolute Gasteiger partial charge is 0.119 e. The summed E-state index contributed by atoms with van der Waals surface area (Å²) in [4.78, 5) is 2.41. The lowest BCUT2D eigenvalue weighted by Crippen LogP contribution is -2.45. The van der Waals surface area contributed by atoms with Gasteiger partial charge in [-0.25, -0.2) is 0 Å². The first-order chi connectivity index (χ1) is 10.1. The van der Waals surface area contributed by atoms with Gasteiger partial charge in [-0.15, -0.1) is 0 Å². The van der Waals surface area contributed by atoms with Gasteiger partial charge in [-0.05, 0) is 51.1 Å². The normalized spacial score (nSPS) is 21.2. The van der Waals surface area contributed by atoms with Gasteiger partial charge in [0, 0.05) is 19.1 Å². The Bertz CT molecular complexity index is 425. The van der Waals surface area contributed by atoms with Crippen LogP contribution < -0.4 is 10.1 Å². The standard InChI is InChI=1S/C17H28N2O2/c1-14-6-5-8-17(10-14)21-13-16(20)12-18-11-15-7-3-4-9-19(15)2/h5-6,8,10,15-16,18,20H,3-4,7,9,11-13H2,1-2H3. The summed E-state index contributed by atoms with van der Waals surface area (Å²) in [5, 5.41) is 13.3. The summed E-state index contributed by atoms with van der Waals surface area (Å²) in [6.07, 6.45) is 3.40. The average Bonchev–Trinajstić information content (AvgIpc) is 2.47. The minimum atomic E-state index is -0.473. The number of likely N-dealkylation sites (N-methyl/N-ethyl adjacent to an activating group) is 1. The highest BCUT2D eigenvalue weighted by atomic mass is 16.5. The van der Waals surface area contributed by atoms with Gasteiger partial charge in [0.1, 0.15) is 18.5 Å². The fourth-order valence-electron chi connectivity index (χ4n) is 2.78. The molecule has 0 radical (unpaired) electrons. The number of benzene rings is 1. The summed E-state index contributed by atoms with van der Waals surface area (Å²) in [7, 11) is 2.18. The van der Waals surface area contributed by atoms with Gasteiger partial charge in [-0.3, -0.25) is 0 Å². The van der Waals surface area contributed by atoms with Crippen molar-refractivity contribution in [3.8, 4) is 5.75 Å². The summed E-state index contributed by atoms with van der Waals surface area (Å²) in [6, 6.07) is 8.50. The first-order valence-corrected chi connectivity index (χ1v) is 7.93. The van der Waals surface area contributed by atoms with Gasteiger partial charge in [0.25, 0.3) is 0 Å². The van der Waals surface area contributed by atoms with E-state index in [9.17, 15) is 5.11 Å². The zero-order chi connectivity index (χ0) is 15.1. The van der Waals surface area contributed by atoms with E-state index in [1.54, 1.807) is 0 Å². The number of ether oxygens (including phenoxy) is 1. The fourth-order valence-corrected chi connectivity index (χ4v) is 2.78. The van der Waals surface area contributed by atoms with Crippen molar-refractivity contribution in [1.82, 2.24) is 10.2 Å². The van der Waals surface area contributed by atoms with Crippen molar-refractivity contribution in [2.75, 3.05) is 33.3 Å². The van der Waals surface area contributed by atoms with Crippen LogP contribution >= 0.6 is 0 Å². The Balaban J connectivity index is 1.62. The molecule has 2 atom stereocenters. The average molecular weight is 292 g/mol. The molecule has 0 aromatic heterocycles. The van der Waals surface area contributed by atoms with E-state index >= 15 is 0 Å². The maximum absolute atomic E-state index is 9.97. The SMILES string of the molecule is Cc1cccc(OCC(O)CNCC2CCCCN2C)c1. The molecule has 1 fully saturated rings. The quantitative estimate of drug-likeness (QED) is 0.804. The Hall–Kier alpha value is -1.10. The molecule has 4 nitrogen and oxygen atoms in total. The second kappa shape index (κ2) is 8.37. The monoisotopic (exact) mass is 292 g/mol. The van der Waals surface area contributed by atoms with E-state index in [-0.39, 0.29) is 0 Å². The maximum atomic E-state index is 9.97. The lowest BCUT2D eigenvalue weighted by molar-refractivity contribution is 0.102. The molecule has 1 heterocycles. The summed E-state index contributed by atoms with van der Waals surface area (Å²) in [6.45, 7) is 5.07. The van der Waals surface area contributed by atoms with Gasteiger partial charge < -0.3 is 20.1 Å². The van der Waals surface area contributed by atoms with Crippen molar-refractivity contribution in [2.24, 2.45) is 0 Å². The molecular formula is C17H28N2O2. The van der Waals surface area contributed by atoms with Crippen LogP contribution in [-0.2, 0) is 0 Å². The first kappa shape index (κ1) is 16.3. The molecule has 118 valence electrons. The molecule has 2 rings (SSSR count). The number of piperidine rings is 1. The molecule has 2 N–H and O–H groups in total. The van der Waals surface area contributed by atoms with E-state index in [0.29, 0.717) is 19.2 Å². The van der Waals surface area contributed by atoms with Gasteiger partial charge in [0.05, 0.1) is 0 Å². The zero-order valence-corrected chi connectivity index (χ0v) is 13.2. The van der Waals surface area contributed by atoms with Crippen molar-refractivity contribution in [1.29, 1.82) is 0 Å². The van der Waals surface area contributed by atoms with E-state index in [4.69, 9.17) is 4.74 Å². The van der Waals surface area contributed by atoms with Gasteiger partial charge in [0.2, 0.25) is 0 Å². The van der Waals surface area contributed by atoms with Gasteiger partial charge in [-0.2, -0.15) is 0 Å². The molecule has 1 aromatic carbocycles. The topological polar surface area (TPSA) is 44.7 Å². The van der Waals surface area contributed by atoms with Crippen LogP contribution in [0.2, 0.25) is 0 Å². The van der Waals surface area contributed by atoms with Crippen molar-refractivity contribution in [2.45, 2.75) is 38.3 Å². The highest BCUT2D eigenvalue weighted by Gasteiger charge is 2.18. The third-order valence-electron chi connectivity index (χ3n) is 4.11. The van der Waals surface area contributed by atoms with Crippen molar-refractivity contribution >= 4 is 0 Å². The van der Waals surface area contributed by atoms with Gasteiger partial charge in [-0.1, -0.05) is 18.6 Å². The number of hydrogen-bond donors (Lipinski definition) is 2. The number of aliphatic hydroxyl groups excluding tert-OH is 1. The van der Waals surface area contributed by atoms with E-state index in [0.717, 1.165) is 12.3 Å². The highest BCUT2D eigenvalue weighted by Crippen LogP contribution is 2.14. The summed E-state index contributed by atoms with van der Waals surface area (Å²) < 4.78 is 5.61. The Morgan fingerprint density at radius 3 is 3.05 bits per heavy atom. The molecule has 2 unspecified atom stereocenters. The lowest BCUT2D eigenvalue weighted by atomic mass is 10.0. The molecule has 0 amide bonds. The molecule has 1 aliphatic heterocycles. The van der Waals surface area contributed by atoms with E-state index in [1.807, 2.05) is 31.2 Å². The molecule has 0 aliphatic carbocycles. The maximum Gasteiger partial charge on any atom is 0.119 e. The molecule has 1 aliphatic rings. The fraction of sp³-hybridized carbons (Fsp3) is 0.647. The van der Waals surface area contributed by atoms with E-state index in [1.165, 1.54) is 31.4 Å². The molecule has 1 saturated heterocycles. The number of aryl methyl sites for hydroxylation is 1. The third-order valence-corrected chi connectivity index (χ3v) is 4.11. The minimum absolute atomic E-state index is 0.330. The van der Waals surface area contributed by atoms with Crippen molar-refractivity contribution in [3.05, 3.63) is 29.8 Å². The Morgan fingerprint density at radius 1 is 1.43 bits per heavy atom. The molecular weight excluding hydrogens is 264 g/mol. The highest BCUT2D eigenvalue weighted by molar-refractivity contribution is 5.27. The van der Waals surface area contributed by atoms with Crippen LogP contribution in [-0.4, -0.2) is 55.4 Å². The van der Waals surface area contributed by atoms with Crippen LogP contribution in [0.25, 0.3) is 0 Å². The predicted octanol–water partition coefficient (Wildman–Crippen LogP) is 1.81. The number of likely N-dealkylation sites (tertiary alicyclic amines) is 1. The molecule has 1 aromatic rings. The van der Waals surface area contributed by atoms with Gasteiger partial charge in [0.15, 0.2) is 0 Å². The number of rotatable bonds is 7. The number of hydrogen-bond acceptors (Lipinski definition) is 4. The summed E-state index contributed by atoms with van der Waals surface area (Å²) in [5.74, 6) is 0.820. The molecule has 0 spiro atoms. The summed E-state index contributed by atoms with van der Waals surface area (Å²) >= 11 is 0. The van der Waals surface area contributed by atoms with Crippen LogP contribution in [0.5, 0.6) is 5.75 Å². The largest absolute Gasteiger partial charge is 0.491 e. The van der Waals surface area contributed by atoms with E-state index in [2.05, 4.69) is 17.3 Å². The van der Waals surface area contributed by atoms with Crippen LogP contribution in [0.15, 0.2) is 24.3 Å². The second-order valence-electron chi connectivity index (χ2n) is 6.07. The molecule has 21 heavy (non-hydrogen) atoms. The summed E-state index contributed by atoms with van der Waals surface area (Å²) in [5.41, 5.74) is 1.17. The van der Waals surface area contributed by atoms with Crippen LogP contribution in [0.1, 0.15) is 24.8 Å². The Kier molecular flexibility index (Phi) is 6.49. The van der Waals surface area contributed by atoms with Crippen LogP contribution in [0.4, 0.5) is 0 Å².